The van der Waals surface area contributed by atoms with Crippen LogP contribution in [0.2, 0.25) is 0 Å². The summed E-state index contributed by atoms with van der Waals surface area (Å²) in [5, 5.41) is 12.4. The molecular weight excluding hydrogens is 242 g/mol. The van der Waals surface area contributed by atoms with E-state index in [4.69, 9.17) is 4.74 Å². The fourth-order valence-corrected chi connectivity index (χ4v) is 1.88. The molecule has 4 nitrogen and oxygen atoms in total. The van der Waals surface area contributed by atoms with Crippen LogP contribution in [0.4, 0.5) is 0 Å². The van der Waals surface area contributed by atoms with Crippen molar-refractivity contribution in [1.29, 1.82) is 0 Å². The predicted molar refractivity (Wildman–Crippen MR) is 73.1 cm³/mol. The maximum atomic E-state index is 11.5. The summed E-state index contributed by atoms with van der Waals surface area (Å²) < 4.78 is 5.60. The molecular formula is C15H21NO3. The van der Waals surface area contributed by atoms with Gasteiger partial charge in [-0.3, -0.25) is 4.79 Å². The number of carbonyl (C=O) groups excluding carboxylic acids is 1. The molecule has 1 aliphatic carbocycles. The summed E-state index contributed by atoms with van der Waals surface area (Å²) in [4.78, 5) is 11.5. The molecule has 1 unspecified atom stereocenters. The van der Waals surface area contributed by atoms with Crippen molar-refractivity contribution in [2.45, 2.75) is 45.3 Å². The first kappa shape index (κ1) is 13.9. The Morgan fingerprint density at radius 2 is 2.26 bits per heavy atom. The second kappa shape index (κ2) is 6.06. The van der Waals surface area contributed by atoms with Gasteiger partial charge in [-0.15, -0.1) is 0 Å². The van der Waals surface area contributed by atoms with Gasteiger partial charge in [0, 0.05) is 6.04 Å². The van der Waals surface area contributed by atoms with E-state index in [1.807, 2.05) is 25.1 Å². The summed E-state index contributed by atoms with van der Waals surface area (Å²) in [6.45, 7) is 4.05. The SMILES string of the molecule is Cc1cc(C(C)O)ccc1OCCC(=O)NC1CC1. The molecule has 1 aliphatic rings. The number of nitrogens with one attached hydrogen (secondary N) is 1. The van der Waals surface area contributed by atoms with Crippen LogP contribution in [0.1, 0.15) is 43.4 Å². The molecule has 4 heteroatoms. The average molecular weight is 263 g/mol. The molecule has 19 heavy (non-hydrogen) atoms. The molecule has 2 rings (SSSR count). The fourth-order valence-electron chi connectivity index (χ4n) is 1.88. The first-order chi connectivity index (χ1) is 9.06. The van der Waals surface area contributed by atoms with Crippen LogP contribution in [0.5, 0.6) is 5.75 Å². The van der Waals surface area contributed by atoms with Crippen molar-refractivity contribution < 1.29 is 14.6 Å². The molecule has 1 amide bonds. The molecule has 0 heterocycles. The van der Waals surface area contributed by atoms with Gasteiger partial charge in [0.15, 0.2) is 0 Å². The van der Waals surface area contributed by atoms with Gasteiger partial charge in [-0.25, -0.2) is 0 Å². The van der Waals surface area contributed by atoms with E-state index in [9.17, 15) is 9.90 Å². The van der Waals surface area contributed by atoms with E-state index < -0.39 is 6.10 Å². The third kappa shape index (κ3) is 4.24. The van der Waals surface area contributed by atoms with Crippen LogP contribution in [-0.2, 0) is 4.79 Å². The normalized spacial score (nSPS) is 15.9. The molecule has 0 saturated heterocycles. The van der Waals surface area contributed by atoms with Crippen LogP contribution in [-0.4, -0.2) is 23.7 Å². The van der Waals surface area contributed by atoms with Crippen LogP contribution in [0.3, 0.4) is 0 Å². The third-order valence-corrected chi connectivity index (χ3v) is 3.21. The van der Waals surface area contributed by atoms with Crippen LogP contribution in [0.25, 0.3) is 0 Å². The van der Waals surface area contributed by atoms with Crippen molar-refractivity contribution in [3.63, 3.8) is 0 Å². The Kier molecular flexibility index (Phi) is 4.43. The summed E-state index contributed by atoms with van der Waals surface area (Å²) in [5.41, 5.74) is 1.84. The Bertz CT molecular complexity index is 453. The molecule has 2 N–H and O–H groups in total. The van der Waals surface area contributed by atoms with E-state index in [2.05, 4.69) is 5.32 Å². The number of ether oxygens (including phenoxy) is 1. The van der Waals surface area contributed by atoms with Gasteiger partial charge in [0.05, 0.1) is 19.1 Å². The highest BCUT2D eigenvalue weighted by molar-refractivity contribution is 5.76. The Morgan fingerprint density at radius 1 is 1.53 bits per heavy atom. The number of aliphatic hydroxyl groups excluding tert-OH is 1. The number of aryl methyl sites for hydroxylation is 1. The molecule has 104 valence electrons. The van der Waals surface area contributed by atoms with E-state index in [0.717, 1.165) is 29.7 Å². The summed E-state index contributed by atoms with van der Waals surface area (Å²) in [6.07, 6.45) is 2.12. The highest BCUT2D eigenvalue weighted by Crippen LogP contribution is 2.23. The molecule has 1 aromatic carbocycles. The number of rotatable bonds is 6. The summed E-state index contributed by atoms with van der Waals surface area (Å²) in [7, 11) is 0. The first-order valence-electron chi connectivity index (χ1n) is 6.77. The zero-order chi connectivity index (χ0) is 13.8. The molecule has 1 saturated carbocycles. The van der Waals surface area contributed by atoms with E-state index in [1.54, 1.807) is 6.92 Å². The van der Waals surface area contributed by atoms with Crippen molar-refractivity contribution in [3.8, 4) is 5.75 Å². The first-order valence-corrected chi connectivity index (χ1v) is 6.77. The van der Waals surface area contributed by atoms with Crippen LogP contribution in [0, 0.1) is 6.92 Å². The van der Waals surface area contributed by atoms with Gasteiger partial charge in [-0.05, 0) is 49.9 Å². The van der Waals surface area contributed by atoms with Crippen molar-refractivity contribution in [1.82, 2.24) is 5.32 Å². The summed E-state index contributed by atoms with van der Waals surface area (Å²) >= 11 is 0. The van der Waals surface area contributed by atoms with Crippen molar-refractivity contribution >= 4 is 5.91 Å². The molecule has 1 fully saturated rings. The Balaban J connectivity index is 1.80. The lowest BCUT2D eigenvalue weighted by Crippen LogP contribution is -2.26. The Labute approximate surface area is 113 Å². The quantitative estimate of drug-likeness (QED) is 0.826. The lowest BCUT2D eigenvalue weighted by atomic mass is 10.1. The van der Waals surface area contributed by atoms with Crippen LogP contribution >= 0.6 is 0 Å². The van der Waals surface area contributed by atoms with Gasteiger partial charge >= 0.3 is 0 Å². The zero-order valence-electron chi connectivity index (χ0n) is 11.5. The smallest absolute Gasteiger partial charge is 0.223 e. The molecule has 0 bridgehead atoms. The highest BCUT2D eigenvalue weighted by Gasteiger charge is 2.22. The highest BCUT2D eigenvalue weighted by atomic mass is 16.5. The monoisotopic (exact) mass is 263 g/mol. The second-order valence-electron chi connectivity index (χ2n) is 5.14. The minimum absolute atomic E-state index is 0.0563. The average Bonchev–Trinajstić information content (AvgIpc) is 3.14. The lowest BCUT2D eigenvalue weighted by molar-refractivity contribution is -0.121. The summed E-state index contributed by atoms with van der Waals surface area (Å²) in [6, 6.07) is 6.00. The summed E-state index contributed by atoms with van der Waals surface area (Å²) in [5.74, 6) is 0.823. The van der Waals surface area contributed by atoms with Gasteiger partial charge < -0.3 is 15.2 Å². The third-order valence-electron chi connectivity index (χ3n) is 3.21. The minimum atomic E-state index is -0.475. The van der Waals surface area contributed by atoms with Gasteiger partial charge in [0.25, 0.3) is 0 Å². The van der Waals surface area contributed by atoms with Crippen molar-refractivity contribution in [2.75, 3.05) is 6.61 Å². The van der Waals surface area contributed by atoms with Crippen molar-refractivity contribution in [2.24, 2.45) is 0 Å². The number of hydrogen-bond acceptors (Lipinski definition) is 3. The fraction of sp³-hybridized carbons (Fsp3) is 0.533. The standard InChI is InChI=1S/C15H21NO3/c1-10-9-12(11(2)17)3-6-14(10)19-8-7-15(18)16-13-4-5-13/h3,6,9,11,13,17H,4-5,7-8H2,1-2H3,(H,16,18). The minimum Gasteiger partial charge on any atom is -0.493 e. The maximum absolute atomic E-state index is 11.5. The van der Waals surface area contributed by atoms with E-state index in [0.29, 0.717) is 19.1 Å². The topological polar surface area (TPSA) is 58.6 Å². The maximum Gasteiger partial charge on any atom is 0.223 e. The van der Waals surface area contributed by atoms with E-state index in [1.165, 1.54) is 0 Å². The zero-order valence-corrected chi connectivity index (χ0v) is 11.5. The molecule has 1 aromatic rings. The van der Waals surface area contributed by atoms with Gasteiger partial charge in [0.1, 0.15) is 5.75 Å². The Hall–Kier alpha value is -1.55. The second-order valence-corrected chi connectivity index (χ2v) is 5.14. The number of hydrogen-bond donors (Lipinski definition) is 2. The molecule has 0 aromatic heterocycles. The van der Waals surface area contributed by atoms with Gasteiger partial charge in [-0.1, -0.05) is 6.07 Å². The Morgan fingerprint density at radius 3 is 2.84 bits per heavy atom. The molecule has 0 radical (unpaired) electrons. The molecule has 1 atom stereocenters. The van der Waals surface area contributed by atoms with E-state index in [-0.39, 0.29) is 5.91 Å². The number of benzene rings is 1. The number of carbonyl (C=O) groups is 1. The predicted octanol–water partition coefficient (Wildman–Crippen LogP) is 2.10. The number of aliphatic hydroxyl groups is 1. The molecule has 0 spiro atoms. The van der Waals surface area contributed by atoms with Crippen LogP contribution < -0.4 is 10.1 Å². The van der Waals surface area contributed by atoms with Gasteiger partial charge in [-0.2, -0.15) is 0 Å². The van der Waals surface area contributed by atoms with Gasteiger partial charge in [0.2, 0.25) is 5.91 Å². The van der Waals surface area contributed by atoms with E-state index >= 15 is 0 Å². The largest absolute Gasteiger partial charge is 0.493 e. The number of amides is 1. The van der Waals surface area contributed by atoms with Crippen LogP contribution in [0.15, 0.2) is 18.2 Å². The van der Waals surface area contributed by atoms with Crippen molar-refractivity contribution in [3.05, 3.63) is 29.3 Å². The molecule has 0 aliphatic heterocycles. The lowest BCUT2D eigenvalue weighted by Gasteiger charge is -2.12.